The highest BCUT2D eigenvalue weighted by molar-refractivity contribution is 7.47. The van der Waals surface area contributed by atoms with Crippen LogP contribution in [-0.2, 0) is 32.7 Å². The van der Waals surface area contributed by atoms with Crippen molar-refractivity contribution in [3.05, 3.63) is 0 Å². The van der Waals surface area contributed by atoms with Crippen molar-refractivity contribution in [3.63, 3.8) is 0 Å². The van der Waals surface area contributed by atoms with Crippen LogP contribution in [0.15, 0.2) is 0 Å². The Bertz CT molecular complexity index is 813. The summed E-state index contributed by atoms with van der Waals surface area (Å²) in [7, 11) is -4.70. The van der Waals surface area contributed by atoms with E-state index in [0.29, 0.717) is 6.42 Å². The van der Waals surface area contributed by atoms with Gasteiger partial charge in [-0.1, -0.05) is 148 Å². The highest BCUT2D eigenvalue weighted by atomic mass is 31.2. The first kappa shape index (κ1) is 44.5. The molecule has 0 fully saturated rings. The van der Waals surface area contributed by atoms with Gasteiger partial charge in [0.05, 0.1) is 13.2 Å². The van der Waals surface area contributed by atoms with E-state index >= 15 is 0 Å². The molecule has 0 spiro atoms. The number of hydrogen-bond donors (Lipinski definition) is 4. The SMILES string of the molecule is CCCCCCCCCCCCCCCCCCCCCCCCCC(=O)OCC(O)COP(=O)(O)OCC(NC(C)=O)C(=O)O. The topological polar surface area (TPSA) is 169 Å². The molecule has 0 bridgehead atoms. The second kappa shape index (κ2) is 30.8. The number of unbranched alkanes of at least 4 members (excludes halogenated alkanes) is 22. The molecule has 11 nitrogen and oxygen atoms in total. The van der Waals surface area contributed by atoms with Gasteiger partial charge in [0.15, 0.2) is 6.04 Å². The summed E-state index contributed by atoms with van der Waals surface area (Å²) in [5.74, 6) is -2.58. The minimum Gasteiger partial charge on any atom is -0.480 e. The summed E-state index contributed by atoms with van der Waals surface area (Å²) in [6.45, 7) is 1.47. The molecule has 0 aromatic heterocycles. The molecule has 1 amide bonds. The highest BCUT2D eigenvalue weighted by Crippen LogP contribution is 2.43. The predicted octanol–water partition coefficient (Wildman–Crippen LogP) is 8.00. The van der Waals surface area contributed by atoms with E-state index in [1.54, 1.807) is 0 Å². The number of ether oxygens (including phenoxy) is 1. The average Bonchev–Trinajstić information content (AvgIpc) is 3.01. The van der Waals surface area contributed by atoms with Crippen molar-refractivity contribution in [2.45, 2.75) is 180 Å². The van der Waals surface area contributed by atoms with E-state index < -0.39 is 57.6 Å². The lowest BCUT2D eigenvalue weighted by atomic mass is 10.0. The monoisotopic (exact) mass is 679 g/mol. The summed E-state index contributed by atoms with van der Waals surface area (Å²) < 4.78 is 26.0. The first-order valence-corrected chi connectivity index (χ1v) is 19.5. The second-order valence-corrected chi connectivity index (χ2v) is 14.0. The zero-order valence-corrected chi connectivity index (χ0v) is 29.8. The average molecular weight is 680 g/mol. The van der Waals surface area contributed by atoms with E-state index in [1.165, 1.54) is 122 Å². The molecule has 0 rings (SSSR count). The Morgan fingerprint density at radius 1 is 0.630 bits per heavy atom. The van der Waals surface area contributed by atoms with Crippen molar-refractivity contribution in [2.24, 2.45) is 0 Å². The number of nitrogens with one attached hydrogen (secondary N) is 1. The number of carbonyl (C=O) groups excluding carboxylic acids is 2. The summed E-state index contributed by atoms with van der Waals surface area (Å²) in [4.78, 5) is 43.6. The summed E-state index contributed by atoms with van der Waals surface area (Å²) in [5.41, 5.74) is 0. The standard InChI is InChI=1S/C34H66NO10P/c1-3-4-5-6-7-8-9-10-11-12-13-14-15-16-17-18-19-20-21-22-23-24-25-26-33(38)43-27-31(37)28-44-46(41,42)45-29-32(34(39)40)35-30(2)36/h31-32,37H,3-29H2,1-2H3,(H,35,36)(H,39,40)(H,41,42). The number of carboxylic acids is 1. The number of phosphoric ester groups is 1. The maximum atomic E-state index is 11.9. The van der Waals surface area contributed by atoms with E-state index in [2.05, 4.69) is 16.0 Å². The van der Waals surface area contributed by atoms with Crippen LogP contribution in [0.4, 0.5) is 0 Å². The van der Waals surface area contributed by atoms with E-state index in [1.807, 2.05) is 5.32 Å². The fraction of sp³-hybridized carbons (Fsp3) is 0.912. The van der Waals surface area contributed by atoms with E-state index in [0.717, 1.165) is 26.2 Å². The Kier molecular flexibility index (Phi) is 29.8. The number of aliphatic hydroxyl groups excluding tert-OH is 1. The van der Waals surface area contributed by atoms with Gasteiger partial charge >= 0.3 is 19.8 Å². The third-order valence-corrected chi connectivity index (χ3v) is 8.88. The molecule has 0 aromatic rings. The Balaban J connectivity index is 3.52. The Morgan fingerprint density at radius 3 is 1.37 bits per heavy atom. The fourth-order valence-corrected chi connectivity index (χ4v) is 5.94. The van der Waals surface area contributed by atoms with E-state index in [9.17, 15) is 28.9 Å². The molecule has 0 radical (unpaired) electrons. The maximum Gasteiger partial charge on any atom is 0.472 e. The zero-order chi connectivity index (χ0) is 34.3. The van der Waals surface area contributed by atoms with Gasteiger partial charge in [0.2, 0.25) is 5.91 Å². The molecule has 12 heteroatoms. The quantitative estimate of drug-likeness (QED) is 0.0297. The third kappa shape index (κ3) is 31.1. The fourth-order valence-electron chi connectivity index (χ4n) is 5.17. The van der Waals surface area contributed by atoms with Crippen molar-refractivity contribution in [1.82, 2.24) is 5.32 Å². The van der Waals surface area contributed by atoms with Crippen LogP contribution in [0.3, 0.4) is 0 Å². The lowest BCUT2D eigenvalue weighted by Gasteiger charge is -2.18. The number of phosphoric acid groups is 1. The van der Waals surface area contributed by atoms with Crippen molar-refractivity contribution in [2.75, 3.05) is 19.8 Å². The minimum atomic E-state index is -4.70. The first-order chi connectivity index (χ1) is 22.1. The molecule has 0 aliphatic rings. The van der Waals surface area contributed by atoms with Crippen LogP contribution in [0.2, 0.25) is 0 Å². The molecule has 4 N–H and O–H groups in total. The maximum absolute atomic E-state index is 11.9. The molecule has 0 aliphatic heterocycles. The molecule has 0 heterocycles. The summed E-state index contributed by atoms with van der Waals surface area (Å²) in [5, 5.41) is 20.9. The summed E-state index contributed by atoms with van der Waals surface area (Å²) in [6, 6.07) is -1.54. The molecule has 272 valence electrons. The van der Waals surface area contributed by atoms with Gasteiger partial charge in [0, 0.05) is 13.3 Å². The molecule has 46 heavy (non-hydrogen) atoms. The zero-order valence-electron chi connectivity index (χ0n) is 28.9. The van der Waals surface area contributed by atoms with Crippen molar-refractivity contribution in [3.8, 4) is 0 Å². The van der Waals surface area contributed by atoms with Gasteiger partial charge < -0.3 is 25.2 Å². The number of aliphatic carboxylic acids is 1. The van der Waals surface area contributed by atoms with Crippen LogP contribution in [0.5, 0.6) is 0 Å². The van der Waals surface area contributed by atoms with Gasteiger partial charge in [-0.05, 0) is 6.42 Å². The Morgan fingerprint density at radius 2 is 1.00 bits per heavy atom. The van der Waals surface area contributed by atoms with E-state index in [4.69, 9.17) is 9.84 Å². The van der Waals surface area contributed by atoms with Crippen LogP contribution in [0.1, 0.15) is 168 Å². The van der Waals surface area contributed by atoms with Gasteiger partial charge in [-0.25, -0.2) is 9.36 Å². The largest absolute Gasteiger partial charge is 0.480 e. The lowest BCUT2D eigenvalue weighted by Crippen LogP contribution is -2.42. The third-order valence-electron chi connectivity index (χ3n) is 7.93. The first-order valence-electron chi connectivity index (χ1n) is 18.0. The van der Waals surface area contributed by atoms with Crippen LogP contribution in [0.25, 0.3) is 0 Å². The van der Waals surface area contributed by atoms with Crippen LogP contribution in [0, 0.1) is 0 Å². The van der Waals surface area contributed by atoms with Crippen LogP contribution < -0.4 is 5.32 Å². The number of amides is 1. The van der Waals surface area contributed by atoms with Gasteiger partial charge in [0.1, 0.15) is 12.7 Å². The highest BCUT2D eigenvalue weighted by Gasteiger charge is 2.28. The number of carbonyl (C=O) groups is 3. The smallest absolute Gasteiger partial charge is 0.472 e. The molecule has 3 atom stereocenters. The van der Waals surface area contributed by atoms with Crippen molar-refractivity contribution in [1.29, 1.82) is 0 Å². The Labute approximate surface area is 278 Å². The number of rotatable bonds is 34. The summed E-state index contributed by atoms with van der Waals surface area (Å²) >= 11 is 0. The normalized spacial score (nSPS) is 14.0. The molecule has 3 unspecified atom stereocenters. The van der Waals surface area contributed by atoms with Gasteiger partial charge in [0.25, 0.3) is 0 Å². The molecule has 0 saturated carbocycles. The lowest BCUT2D eigenvalue weighted by molar-refractivity contribution is -0.147. The number of carboxylic acid groups (broad SMARTS) is 1. The van der Waals surface area contributed by atoms with Crippen molar-refractivity contribution < 1.29 is 47.8 Å². The van der Waals surface area contributed by atoms with Gasteiger partial charge in [-0.2, -0.15) is 0 Å². The van der Waals surface area contributed by atoms with Gasteiger partial charge in [-0.3, -0.25) is 18.6 Å². The molecular weight excluding hydrogens is 613 g/mol. The van der Waals surface area contributed by atoms with Crippen molar-refractivity contribution >= 4 is 25.7 Å². The number of aliphatic hydroxyl groups is 1. The molecule has 0 saturated heterocycles. The number of esters is 1. The Hall–Kier alpha value is -1.52. The molecular formula is C34H66NO10P. The second-order valence-electron chi connectivity index (χ2n) is 12.5. The molecule has 0 aromatic carbocycles. The van der Waals surface area contributed by atoms with Gasteiger partial charge in [-0.15, -0.1) is 0 Å². The predicted molar refractivity (Wildman–Crippen MR) is 180 cm³/mol. The number of hydrogen-bond acceptors (Lipinski definition) is 8. The van der Waals surface area contributed by atoms with Crippen LogP contribution >= 0.6 is 7.82 Å². The summed E-state index contributed by atoms with van der Waals surface area (Å²) in [6.07, 6.45) is 28.8. The van der Waals surface area contributed by atoms with E-state index in [-0.39, 0.29) is 6.42 Å². The molecule has 0 aliphatic carbocycles. The minimum absolute atomic E-state index is 0.230. The van der Waals surface area contributed by atoms with Crippen LogP contribution in [-0.4, -0.2) is 64.9 Å².